The van der Waals surface area contributed by atoms with Crippen molar-refractivity contribution in [2.75, 3.05) is 0 Å². The number of carbonyl (C=O) groups is 1. The summed E-state index contributed by atoms with van der Waals surface area (Å²) in [4.78, 5) is 15.9. The maximum atomic E-state index is 12.9. The zero-order chi connectivity index (χ0) is 13.1. The fourth-order valence-electron chi connectivity index (χ4n) is 1.66. The minimum Gasteiger partial charge on any atom is -0.292 e. The number of benzene rings is 1. The standard InChI is InChI=1S/C14H11ClFNO/c1-9-6-12(16)4-2-10(9)7-14(18)13-5-3-11(15)8-17-13/h2-6,8H,7H2,1H3. The lowest BCUT2D eigenvalue weighted by molar-refractivity contribution is 0.0988. The van der Waals surface area contributed by atoms with Crippen LogP contribution in [0.25, 0.3) is 0 Å². The first kappa shape index (κ1) is 12.7. The lowest BCUT2D eigenvalue weighted by atomic mass is 10.0. The molecule has 0 aliphatic rings. The Labute approximate surface area is 109 Å². The van der Waals surface area contributed by atoms with Gasteiger partial charge in [-0.05, 0) is 42.3 Å². The molecule has 0 saturated carbocycles. The second kappa shape index (κ2) is 5.27. The van der Waals surface area contributed by atoms with Gasteiger partial charge in [0.2, 0.25) is 0 Å². The van der Waals surface area contributed by atoms with Gasteiger partial charge in [-0.1, -0.05) is 17.7 Å². The summed E-state index contributed by atoms with van der Waals surface area (Å²) in [5.74, 6) is -0.408. The van der Waals surface area contributed by atoms with Gasteiger partial charge in [0, 0.05) is 12.6 Å². The van der Waals surface area contributed by atoms with Crippen molar-refractivity contribution >= 4 is 17.4 Å². The average molecular weight is 264 g/mol. The minimum atomic E-state index is -0.298. The van der Waals surface area contributed by atoms with Crippen molar-refractivity contribution in [3.05, 3.63) is 64.2 Å². The molecule has 0 atom stereocenters. The highest BCUT2D eigenvalue weighted by atomic mass is 35.5. The molecule has 2 aromatic rings. The van der Waals surface area contributed by atoms with Gasteiger partial charge >= 0.3 is 0 Å². The molecule has 0 spiro atoms. The van der Waals surface area contributed by atoms with E-state index in [-0.39, 0.29) is 18.0 Å². The van der Waals surface area contributed by atoms with Gasteiger partial charge < -0.3 is 0 Å². The van der Waals surface area contributed by atoms with Gasteiger partial charge in [-0.2, -0.15) is 0 Å². The maximum Gasteiger partial charge on any atom is 0.185 e. The zero-order valence-electron chi connectivity index (χ0n) is 9.78. The van der Waals surface area contributed by atoms with Gasteiger partial charge in [0.05, 0.1) is 5.02 Å². The number of Topliss-reactive ketones (excluding diaryl/α,β-unsaturated/α-hetero) is 1. The topological polar surface area (TPSA) is 30.0 Å². The summed E-state index contributed by atoms with van der Waals surface area (Å²) in [5.41, 5.74) is 1.93. The lowest BCUT2D eigenvalue weighted by Crippen LogP contribution is -2.07. The Hall–Kier alpha value is -1.74. The number of hydrogen-bond donors (Lipinski definition) is 0. The molecule has 0 aliphatic heterocycles. The van der Waals surface area contributed by atoms with Gasteiger partial charge in [-0.25, -0.2) is 4.39 Å². The summed E-state index contributed by atoms with van der Waals surface area (Å²) < 4.78 is 12.9. The Morgan fingerprint density at radius 2 is 2.11 bits per heavy atom. The van der Waals surface area contributed by atoms with E-state index in [1.54, 1.807) is 25.1 Å². The number of pyridine rings is 1. The fourth-order valence-corrected chi connectivity index (χ4v) is 1.77. The number of halogens is 2. The molecule has 0 radical (unpaired) electrons. The molecule has 18 heavy (non-hydrogen) atoms. The summed E-state index contributed by atoms with van der Waals surface area (Å²) in [7, 11) is 0. The first-order chi connectivity index (χ1) is 8.56. The van der Waals surface area contributed by atoms with Crippen LogP contribution in [-0.2, 0) is 6.42 Å². The Morgan fingerprint density at radius 3 is 2.72 bits per heavy atom. The molecule has 2 rings (SSSR count). The van der Waals surface area contributed by atoms with Crippen molar-refractivity contribution in [2.45, 2.75) is 13.3 Å². The summed E-state index contributed by atoms with van der Waals surface area (Å²) in [6.07, 6.45) is 1.65. The average Bonchev–Trinajstić information content (AvgIpc) is 2.33. The van der Waals surface area contributed by atoms with E-state index in [2.05, 4.69) is 4.98 Å². The van der Waals surface area contributed by atoms with E-state index in [1.165, 1.54) is 18.3 Å². The molecule has 92 valence electrons. The second-order valence-electron chi connectivity index (χ2n) is 4.03. The van der Waals surface area contributed by atoms with Crippen molar-refractivity contribution in [1.29, 1.82) is 0 Å². The third-order valence-corrected chi connectivity index (χ3v) is 2.89. The van der Waals surface area contributed by atoms with Crippen LogP contribution in [0, 0.1) is 12.7 Å². The van der Waals surface area contributed by atoms with Crippen molar-refractivity contribution in [3.8, 4) is 0 Å². The predicted molar refractivity (Wildman–Crippen MR) is 68.4 cm³/mol. The first-order valence-corrected chi connectivity index (χ1v) is 5.84. The number of hydrogen-bond acceptors (Lipinski definition) is 2. The van der Waals surface area contributed by atoms with Crippen molar-refractivity contribution in [1.82, 2.24) is 4.98 Å². The lowest BCUT2D eigenvalue weighted by Gasteiger charge is -2.05. The third-order valence-electron chi connectivity index (χ3n) is 2.67. The van der Waals surface area contributed by atoms with Gasteiger partial charge in [0.1, 0.15) is 11.5 Å². The van der Waals surface area contributed by atoms with Crippen LogP contribution in [0.15, 0.2) is 36.5 Å². The summed E-state index contributed by atoms with van der Waals surface area (Å²) in [6.45, 7) is 1.78. The molecule has 1 aromatic heterocycles. The van der Waals surface area contributed by atoms with Crippen LogP contribution in [0.5, 0.6) is 0 Å². The molecule has 0 bridgehead atoms. The van der Waals surface area contributed by atoms with E-state index in [0.717, 1.165) is 11.1 Å². The van der Waals surface area contributed by atoms with E-state index in [4.69, 9.17) is 11.6 Å². The van der Waals surface area contributed by atoms with Gasteiger partial charge in [-0.3, -0.25) is 9.78 Å². The summed E-state index contributed by atoms with van der Waals surface area (Å²) in [6, 6.07) is 7.60. The maximum absolute atomic E-state index is 12.9. The number of ketones is 1. The molecule has 0 unspecified atom stereocenters. The highest BCUT2D eigenvalue weighted by molar-refractivity contribution is 6.30. The van der Waals surface area contributed by atoms with E-state index in [9.17, 15) is 9.18 Å². The van der Waals surface area contributed by atoms with Gasteiger partial charge in [0.15, 0.2) is 5.78 Å². The normalized spacial score (nSPS) is 10.4. The Bertz CT molecular complexity index is 581. The third kappa shape index (κ3) is 2.93. The van der Waals surface area contributed by atoms with E-state index in [0.29, 0.717) is 10.7 Å². The molecule has 0 fully saturated rings. The van der Waals surface area contributed by atoms with Gasteiger partial charge in [-0.15, -0.1) is 0 Å². The smallest absolute Gasteiger partial charge is 0.185 e. The second-order valence-corrected chi connectivity index (χ2v) is 4.47. The van der Waals surface area contributed by atoms with E-state index < -0.39 is 0 Å². The number of nitrogens with zero attached hydrogens (tertiary/aromatic N) is 1. The summed E-state index contributed by atoms with van der Waals surface area (Å²) >= 11 is 5.70. The van der Waals surface area contributed by atoms with E-state index in [1.807, 2.05) is 0 Å². The number of aromatic nitrogens is 1. The monoisotopic (exact) mass is 263 g/mol. The molecule has 0 N–H and O–H groups in total. The first-order valence-electron chi connectivity index (χ1n) is 5.46. The van der Waals surface area contributed by atoms with Crippen LogP contribution >= 0.6 is 11.6 Å². The van der Waals surface area contributed by atoms with Crippen molar-refractivity contribution in [3.63, 3.8) is 0 Å². The number of carbonyl (C=O) groups excluding carboxylic acids is 1. The van der Waals surface area contributed by atoms with Crippen LogP contribution in [0.3, 0.4) is 0 Å². The van der Waals surface area contributed by atoms with Crippen LogP contribution in [-0.4, -0.2) is 10.8 Å². The molecule has 0 aliphatic carbocycles. The number of rotatable bonds is 3. The van der Waals surface area contributed by atoms with E-state index >= 15 is 0 Å². The zero-order valence-corrected chi connectivity index (χ0v) is 10.5. The molecule has 1 aromatic carbocycles. The molecule has 0 saturated heterocycles. The van der Waals surface area contributed by atoms with Crippen LogP contribution < -0.4 is 0 Å². The fraction of sp³-hybridized carbons (Fsp3) is 0.143. The minimum absolute atomic E-state index is 0.110. The molecular weight excluding hydrogens is 253 g/mol. The quantitative estimate of drug-likeness (QED) is 0.792. The van der Waals surface area contributed by atoms with Crippen LogP contribution in [0.4, 0.5) is 4.39 Å². The number of aryl methyl sites for hydroxylation is 1. The Morgan fingerprint density at radius 1 is 1.33 bits per heavy atom. The van der Waals surface area contributed by atoms with Gasteiger partial charge in [0.25, 0.3) is 0 Å². The molecule has 4 heteroatoms. The molecule has 2 nitrogen and oxygen atoms in total. The Kier molecular flexibility index (Phi) is 3.72. The largest absolute Gasteiger partial charge is 0.292 e. The van der Waals surface area contributed by atoms with Crippen molar-refractivity contribution in [2.24, 2.45) is 0 Å². The van der Waals surface area contributed by atoms with Crippen molar-refractivity contribution < 1.29 is 9.18 Å². The Balaban J connectivity index is 2.18. The predicted octanol–water partition coefficient (Wildman–Crippen LogP) is 3.61. The molecule has 1 heterocycles. The molecule has 0 amide bonds. The summed E-state index contributed by atoms with van der Waals surface area (Å²) in [5, 5.41) is 0.490. The van der Waals surface area contributed by atoms with Crippen LogP contribution in [0.2, 0.25) is 5.02 Å². The highest BCUT2D eigenvalue weighted by Gasteiger charge is 2.10. The van der Waals surface area contributed by atoms with Crippen LogP contribution in [0.1, 0.15) is 21.6 Å². The molecular formula is C14H11ClFNO. The SMILES string of the molecule is Cc1cc(F)ccc1CC(=O)c1ccc(Cl)cn1. The highest BCUT2D eigenvalue weighted by Crippen LogP contribution is 2.14.